The molecule has 0 atom stereocenters. The van der Waals surface area contributed by atoms with Crippen LogP contribution in [0.15, 0.2) is 92.6 Å². The van der Waals surface area contributed by atoms with Crippen LogP contribution < -0.4 is 0 Å². The summed E-state index contributed by atoms with van der Waals surface area (Å²) < 4.78 is 26.7. The zero-order chi connectivity index (χ0) is 27.9. The summed E-state index contributed by atoms with van der Waals surface area (Å²) in [6.45, 7) is 0. The molecule has 39 heavy (non-hydrogen) atoms. The van der Waals surface area contributed by atoms with Gasteiger partial charge in [0.2, 0.25) is 9.84 Å². The van der Waals surface area contributed by atoms with Gasteiger partial charge >= 0.3 is 0 Å². The molecule has 13 heteroatoms. The summed E-state index contributed by atoms with van der Waals surface area (Å²) in [6, 6.07) is 17.9. The SMILES string of the molecule is O=[N+]([O-])c1cc(C=Nc2ccc3c(c2)S(=O)(=O)c2cc(N=Cc4ccc(Cl)c([N+](=O)[O-])c4)ccc2-3)ccc1Cl. The molecule has 0 aromatic heterocycles. The summed E-state index contributed by atoms with van der Waals surface area (Å²) in [5.74, 6) is 0. The number of nitro groups is 2. The number of hydrogen-bond acceptors (Lipinski definition) is 8. The molecule has 0 amide bonds. The average molecular weight is 581 g/mol. The van der Waals surface area contributed by atoms with E-state index in [9.17, 15) is 28.6 Å². The number of rotatable bonds is 6. The van der Waals surface area contributed by atoms with Crippen LogP contribution in [0.25, 0.3) is 11.1 Å². The van der Waals surface area contributed by atoms with Crippen LogP contribution in [0.4, 0.5) is 22.7 Å². The van der Waals surface area contributed by atoms with Crippen molar-refractivity contribution in [3.63, 3.8) is 0 Å². The Morgan fingerprint density at radius 2 is 1.05 bits per heavy atom. The van der Waals surface area contributed by atoms with E-state index >= 15 is 0 Å². The van der Waals surface area contributed by atoms with E-state index in [0.29, 0.717) is 33.6 Å². The molecule has 4 aromatic rings. The second-order valence-electron chi connectivity index (χ2n) is 8.32. The highest BCUT2D eigenvalue weighted by atomic mass is 35.5. The molecule has 1 aliphatic heterocycles. The molecule has 0 saturated carbocycles. The molecule has 0 saturated heterocycles. The quantitative estimate of drug-likeness (QED) is 0.119. The van der Waals surface area contributed by atoms with Crippen molar-refractivity contribution in [2.24, 2.45) is 9.98 Å². The Hall–Kier alpha value is -4.45. The van der Waals surface area contributed by atoms with E-state index in [2.05, 4.69) is 9.98 Å². The summed E-state index contributed by atoms with van der Waals surface area (Å²) >= 11 is 11.7. The van der Waals surface area contributed by atoms with E-state index in [0.717, 1.165) is 0 Å². The van der Waals surface area contributed by atoms with Crippen LogP contribution in [0.2, 0.25) is 10.0 Å². The van der Waals surface area contributed by atoms with Crippen molar-refractivity contribution >= 4 is 68.2 Å². The molecule has 1 aliphatic rings. The van der Waals surface area contributed by atoms with Crippen LogP contribution >= 0.6 is 23.2 Å². The lowest BCUT2D eigenvalue weighted by atomic mass is 10.1. The van der Waals surface area contributed by atoms with Crippen molar-refractivity contribution in [2.45, 2.75) is 9.79 Å². The van der Waals surface area contributed by atoms with Gasteiger partial charge in [-0.2, -0.15) is 0 Å². The number of benzene rings is 4. The maximum Gasteiger partial charge on any atom is 0.288 e. The highest BCUT2D eigenvalue weighted by molar-refractivity contribution is 7.92. The van der Waals surface area contributed by atoms with Gasteiger partial charge in [0.05, 0.1) is 31.0 Å². The maximum absolute atomic E-state index is 13.4. The fourth-order valence-electron chi connectivity index (χ4n) is 3.99. The van der Waals surface area contributed by atoms with E-state index in [-0.39, 0.29) is 31.2 Å². The fraction of sp³-hybridized carbons (Fsp3) is 0. The molecule has 5 rings (SSSR count). The molecule has 194 valence electrons. The Balaban J connectivity index is 1.44. The van der Waals surface area contributed by atoms with E-state index in [4.69, 9.17) is 23.2 Å². The summed E-state index contributed by atoms with van der Waals surface area (Å²) in [7, 11) is -3.88. The molecule has 0 bridgehead atoms. The van der Waals surface area contributed by atoms with Crippen LogP contribution in [-0.4, -0.2) is 30.7 Å². The first-order valence-electron chi connectivity index (χ1n) is 11.0. The maximum atomic E-state index is 13.4. The summed E-state index contributed by atoms with van der Waals surface area (Å²) in [4.78, 5) is 29.7. The van der Waals surface area contributed by atoms with Crippen molar-refractivity contribution in [2.75, 3.05) is 0 Å². The normalized spacial score (nSPS) is 13.5. The molecule has 0 radical (unpaired) electrons. The van der Waals surface area contributed by atoms with Gasteiger partial charge in [0.15, 0.2) is 0 Å². The number of hydrogen-bond donors (Lipinski definition) is 0. The molecule has 0 aliphatic carbocycles. The Morgan fingerprint density at radius 1 is 0.641 bits per heavy atom. The second kappa shape index (κ2) is 10.0. The van der Waals surface area contributed by atoms with Gasteiger partial charge in [-0.1, -0.05) is 47.5 Å². The van der Waals surface area contributed by atoms with Crippen molar-refractivity contribution in [3.05, 3.63) is 114 Å². The number of halogens is 2. The van der Waals surface area contributed by atoms with Crippen molar-refractivity contribution < 1.29 is 18.3 Å². The minimum atomic E-state index is -3.88. The van der Waals surface area contributed by atoms with Crippen LogP contribution in [0.5, 0.6) is 0 Å². The lowest BCUT2D eigenvalue weighted by Crippen LogP contribution is -1.96. The standard InChI is InChI=1S/C26H14Cl2N4O6S/c27-21-7-1-15(9-23(21)31(33)34)13-29-17-3-5-19-20-6-4-18(12-26(20)39(37,38)25(19)11-17)30-14-16-2-8-22(28)24(10-16)32(35)36/h1-14H. The van der Waals surface area contributed by atoms with Crippen LogP contribution in [0.1, 0.15) is 11.1 Å². The first-order valence-corrected chi connectivity index (χ1v) is 13.3. The molecule has 0 fully saturated rings. The first-order chi connectivity index (χ1) is 18.5. The van der Waals surface area contributed by atoms with Gasteiger partial charge in [0, 0.05) is 35.7 Å². The predicted octanol–water partition coefficient (Wildman–Crippen LogP) is 7.12. The third kappa shape index (κ3) is 5.02. The Kier molecular flexibility index (Phi) is 6.73. The zero-order valence-corrected chi connectivity index (χ0v) is 21.8. The van der Waals surface area contributed by atoms with E-state index < -0.39 is 19.7 Å². The van der Waals surface area contributed by atoms with Gasteiger partial charge in [-0.3, -0.25) is 30.2 Å². The highest BCUT2D eigenvalue weighted by Gasteiger charge is 2.33. The summed E-state index contributed by atoms with van der Waals surface area (Å²) in [5.41, 5.74) is 2.01. The lowest BCUT2D eigenvalue weighted by Gasteiger charge is -2.01. The van der Waals surface area contributed by atoms with Crippen molar-refractivity contribution in [3.8, 4) is 11.1 Å². The zero-order valence-electron chi connectivity index (χ0n) is 19.5. The topological polar surface area (TPSA) is 145 Å². The Labute approximate surface area is 231 Å². The van der Waals surface area contributed by atoms with E-state index in [1.807, 2.05) is 0 Å². The van der Waals surface area contributed by atoms with Crippen LogP contribution in [0, 0.1) is 20.2 Å². The molecule has 0 spiro atoms. The fourth-order valence-corrected chi connectivity index (χ4v) is 6.09. The number of nitro benzene ring substituents is 2. The third-order valence-electron chi connectivity index (χ3n) is 5.86. The molecule has 1 heterocycles. The van der Waals surface area contributed by atoms with E-state index in [1.54, 1.807) is 36.4 Å². The van der Waals surface area contributed by atoms with Gasteiger partial charge in [-0.15, -0.1) is 0 Å². The van der Waals surface area contributed by atoms with Crippen molar-refractivity contribution in [1.29, 1.82) is 0 Å². The smallest absolute Gasteiger partial charge is 0.258 e. The van der Waals surface area contributed by atoms with Crippen LogP contribution in [0.3, 0.4) is 0 Å². The molecule has 10 nitrogen and oxygen atoms in total. The predicted molar refractivity (Wildman–Crippen MR) is 148 cm³/mol. The van der Waals surface area contributed by atoms with Crippen molar-refractivity contribution in [1.82, 2.24) is 0 Å². The largest absolute Gasteiger partial charge is 0.288 e. The number of sulfone groups is 1. The minimum absolute atomic E-state index is 0.00304. The number of nitrogens with zero attached hydrogens (tertiary/aromatic N) is 4. The summed E-state index contributed by atoms with van der Waals surface area (Å²) in [5, 5.41) is 22.2. The average Bonchev–Trinajstić information content (AvgIpc) is 3.13. The molecule has 0 N–H and O–H groups in total. The minimum Gasteiger partial charge on any atom is -0.258 e. The van der Waals surface area contributed by atoms with Gasteiger partial charge in [-0.25, -0.2) is 8.42 Å². The monoisotopic (exact) mass is 580 g/mol. The Morgan fingerprint density at radius 3 is 1.44 bits per heavy atom. The molecular formula is C26H14Cl2N4O6S. The lowest BCUT2D eigenvalue weighted by molar-refractivity contribution is -0.384. The van der Waals surface area contributed by atoms with Gasteiger partial charge in [0.25, 0.3) is 11.4 Å². The second-order valence-corrected chi connectivity index (χ2v) is 11.0. The third-order valence-corrected chi connectivity index (χ3v) is 8.33. The number of fused-ring (bicyclic) bond motifs is 3. The summed E-state index contributed by atoms with van der Waals surface area (Å²) in [6.07, 6.45) is 2.77. The van der Waals surface area contributed by atoms with Gasteiger partial charge < -0.3 is 0 Å². The number of aliphatic imine (C=N–C) groups is 2. The Bertz CT molecular complexity index is 1740. The van der Waals surface area contributed by atoms with Gasteiger partial charge in [0.1, 0.15) is 10.0 Å². The van der Waals surface area contributed by atoms with Crippen LogP contribution in [-0.2, 0) is 9.84 Å². The first kappa shape index (κ1) is 26.2. The molecular weight excluding hydrogens is 567 g/mol. The molecule has 4 aromatic carbocycles. The molecule has 0 unspecified atom stereocenters. The highest BCUT2D eigenvalue weighted by Crippen LogP contribution is 2.45. The van der Waals surface area contributed by atoms with E-state index in [1.165, 1.54) is 48.8 Å². The van der Waals surface area contributed by atoms with Gasteiger partial charge in [-0.05, 0) is 47.5 Å².